The summed E-state index contributed by atoms with van der Waals surface area (Å²) in [6.07, 6.45) is 2.45. The van der Waals surface area contributed by atoms with Crippen LogP contribution in [0, 0.1) is 5.92 Å². The number of thiophene rings is 1. The van der Waals surface area contributed by atoms with Gasteiger partial charge in [0.05, 0.1) is 25.0 Å². The SMILES string of the molecule is C[C@@H](C(=O)Nc1c(-c2ccccc2)ncn1C)[C@@H]1OCCc2sccc21. The van der Waals surface area contributed by atoms with Gasteiger partial charge in [0.15, 0.2) is 0 Å². The smallest absolute Gasteiger partial charge is 0.231 e. The summed E-state index contributed by atoms with van der Waals surface area (Å²) in [5.74, 6) is 0.353. The van der Waals surface area contributed by atoms with E-state index in [0.29, 0.717) is 12.4 Å². The van der Waals surface area contributed by atoms with Crippen LogP contribution in [0.25, 0.3) is 11.3 Å². The normalized spacial score (nSPS) is 17.5. The Labute approximate surface area is 156 Å². The van der Waals surface area contributed by atoms with Gasteiger partial charge in [-0.25, -0.2) is 4.98 Å². The number of nitrogens with zero attached hydrogens (tertiary/aromatic N) is 2. The minimum Gasteiger partial charge on any atom is -0.372 e. The second kappa shape index (κ2) is 7.05. The van der Waals surface area contributed by atoms with E-state index >= 15 is 0 Å². The monoisotopic (exact) mass is 367 g/mol. The van der Waals surface area contributed by atoms with Gasteiger partial charge in [-0.05, 0) is 17.0 Å². The maximum absolute atomic E-state index is 12.9. The quantitative estimate of drug-likeness (QED) is 0.757. The highest BCUT2D eigenvalue weighted by Crippen LogP contribution is 2.36. The number of amides is 1. The fourth-order valence-corrected chi connectivity index (χ4v) is 4.24. The lowest BCUT2D eigenvalue weighted by molar-refractivity contribution is -0.125. The Hall–Kier alpha value is -2.44. The van der Waals surface area contributed by atoms with E-state index in [1.54, 1.807) is 17.7 Å². The molecule has 0 saturated heterocycles. The fraction of sp³-hybridized carbons (Fsp3) is 0.300. The van der Waals surface area contributed by atoms with Crippen molar-refractivity contribution >= 4 is 23.1 Å². The first-order valence-electron chi connectivity index (χ1n) is 8.70. The lowest BCUT2D eigenvalue weighted by Crippen LogP contribution is -2.30. The maximum atomic E-state index is 12.9. The molecule has 1 aliphatic heterocycles. The van der Waals surface area contributed by atoms with Crippen LogP contribution in [0.4, 0.5) is 5.82 Å². The number of ether oxygens (including phenoxy) is 1. The number of aromatic nitrogens is 2. The van der Waals surface area contributed by atoms with Crippen LogP contribution in [0.2, 0.25) is 0 Å². The molecule has 0 aliphatic carbocycles. The number of rotatable bonds is 4. The number of carbonyl (C=O) groups excluding carboxylic acids is 1. The Kier molecular flexibility index (Phi) is 4.61. The Balaban J connectivity index is 1.57. The van der Waals surface area contributed by atoms with Gasteiger partial charge >= 0.3 is 0 Å². The van der Waals surface area contributed by atoms with Gasteiger partial charge in [-0.15, -0.1) is 11.3 Å². The molecule has 3 aromatic rings. The maximum Gasteiger partial charge on any atom is 0.231 e. The van der Waals surface area contributed by atoms with Gasteiger partial charge in [-0.3, -0.25) is 4.79 Å². The molecular weight excluding hydrogens is 346 g/mol. The summed E-state index contributed by atoms with van der Waals surface area (Å²) in [5, 5.41) is 5.14. The van der Waals surface area contributed by atoms with Gasteiger partial charge in [0, 0.05) is 23.9 Å². The van der Waals surface area contributed by atoms with E-state index in [0.717, 1.165) is 23.2 Å². The Morgan fingerprint density at radius 1 is 1.35 bits per heavy atom. The van der Waals surface area contributed by atoms with Crippen LogP contribution in [0.5, 0.6) is 0 Å². The van der Waals surface area contributed by atoms with Gasteiger partial charge in [0.25, 0.3) is 0 Å². The zero-order valence-electron chi connectivity index (χ0n) is 14.8. The van der Waals surface area contributed by atoms with Crippen molar-refractivity contribution in [3.63, 3.8) is 0 Å². The zero-order valence-corrected chi connectivity index (χ0v) is 15.6. The molecule has 2 atom stereocenters. The summed E-state index contributed by atoms with van der Waals surface area (Å²) >= 11 is 1.74. The standard InChI is InChI=1S/C20H21N3O2S/c1-13(18-15-9-11-26-16(15)8-10-25-18)20(24)22-19-17(21-12-23(19)2)14-6-4-3-5-7-14/h3-7,9,11-13,18H,8,10H2,1-2H3,(H,22,24)/t13-,18+/m1/s1. The van der Waals surface area contributed by atoms with E-state index < -0.39 is 0 Å². The molecule has 0 fully saturated rings. The van der Waals surface area contributed by atoms with E-state index in [1.165, 1.54) is 4.88 Å². The first-order chi connectivity index (χ1) is 12.6. The third-order valence-corrected chi connectivity index (χ3v) is 5.80. The molecule has 0 radical (unpaired) electrons. The van der Waals surface area contributed by atoms with Crippen molar-refractivity contribution in [2.24, 2.45) is 13.0 Å². The van der Waals surface area contributed by atoms with Crippen molar-refractivity contribution < 1.29 is 9.53 Å². The van der Waals surface area contributed by atoms with E-state index in [1.807, 2.05) is 48.9 Å². The number of nitrogens with one attached hydrogen (secondary N) is 1. The van der Waals surface area contributed by atoms with Gasteiger partial charge in [-0.2, -0.15) is 0 Å². The molecule has 2 aromatic heterocycles. The average molecular weight is 367 g/mol. The molecule has 5 nitrogen and oxygen atoms in total. The van der Waals surface area contributed by atoms with Crippen LogP contribution in [0.15, 0.2) is 48.1 Å². The van der Waals surface area contributed by atoms with Crippen LogP contribution in [0.1, 0.15) is 23.5 Å². The molecule has 0 bridgehead atoms. The first kappa shape index (κ1) is 17.0. The van der Waals surface area contributed by atoms with Crippen LogP contribution >= 0.6 is 11.3 Å². The zero-order chi connectivity index (χ0) is 18.1. The topological polar surface area (TPSA) is 56.2 Å². The van der Waals surface area contributed by atoms with Gasteiger partial charge in [0.1, 0.15) is 11.5 Å². The second-order valence-corrected chi connectivity index (χ2v) is 7.54. The molecule has 6 heteroatoms. The first-order valence-corrected chi connectivity index (χ1v) is 9.58. The van der Waals surface area contributed by atoms with Crippen LogP contribution in [-0.4, -0.2) is 22.1 Å². The molecule has 26 heavy (non-hydrogen) atoms. The lowest BCUT2D eigenvalue weighted by atomic mass is 9.94. The number of imidazole rings is 1. The highest BCUT2D eigenvalue weighted by molar-refractivity contribution is 7.10. The van der Waals surface area contributed by atoms with Crippen molar-refractivity contribution in [2.75, 3.05) is 11.9 Å². The molecule has 0 spiro atoms. The molecule has 134 valence electrons. The molecule has 0 unspecified atom stereocenters. The molecule has 1 aromatic carbocycles. The van der Waals surface area contributed by atoms with E-state index in [9.17, 15) is 4.79 Å². The average Bonchev–Trinajstić information content (AvgIpc) is 3.29. The Morgan fingerprint density at radius 2 is 2.15 bits per heavy atom. The highest BCUT2D eigenvalue weighted by atomic mass is 32.1. The summed E-state index contributed by atoms with van der Waals surface area (Å²) in [4.78, 5) is 18.7. The third kappa shape index (κ3) is 3.06. The van der Waals surface area contributed by atoms with Gasteiger partial charge in [0.2, 0.25) is 5.91 Å². The number of benzene rings is 1. The molecule has 3 heterocycles. The van der Waals surface area contributed by atoms with E-state index in [2.05, 4.69) is 21.7 Å². The number of anilines is 1. The van der Waals surface area contributed by atoms with Crippen molar-refractivity contribution in [2.45, 2.75) is 19.4 Å². The molecule has 1 N–H and O–H groups in total. The number of fused-ring (bicyclic) bond motifs is 1. The lowest BCUT2D eigenvalue weighted by Gasteiger charge is -2.28. The number of hydrogen-bond acceptors (Lipinski definition) is 4. The number of hydrogen-bond donors (Lipinski definition) is 1. The number of aryl methyl sites for hydroxylation is 1. The van der Waals surface area contributed by atoms with Crippen molar-refractivity contribution in [3.05, 3.63) is 58.5 Å². The van der Waals surface area contributed by atoms with Crippen LogP contribution in [-0.2, 0) is 23.0 Å². The van der Waals surface area contributed by atoms with Gasteiger partial charge in [-0.1, -0.05) is 37.3 Å². The highest BCUT2D eigenvalue weighted by Gasteiger charge is 2.32. The summed E-state index contributed by atoms with van der Waals surface area (Å²) < 4.78 is 7.77. The second-order valence-electron chi connectivity index (χ2n) is 6.54. The minimum atomic E-state index is -0.290. The Morgan fingerprint density at radius 3 is 2.96 bits per heavy atom. The molecular formula is C20H21N3O2S. The molecule has 4 rings (SSSR count). The molecule has 0 saturated carbocycles. The summed E-state index contributed by atoms with van der Waals surface area (Å²) in [6, 6.07) is 11.9. The van der Waals surface area contributed by atoms with E-state index in [4.69, 9.17) is 4.74 Å². The number of carbonyl (C=O) groups is 1. The van der Waals surface area contributed by atoms with Crippen LogP contribution < -0.4 is 5.32 Å². The fourth-order valence-electron chi connectivity index (χ4n) is 3.34. The summed E-state index contributed by atoms with van der Waals surface area (Å²) in [7, 11) is 1.88. The Bertz CT molecular complexity index is 916. The predicted octanol–water partition coefficient (Wildman–Crippen LogP) is 4.04. The van der Waals surface area contributed by atoms with Gasteiger partial charge < -0.3 is 14.6 Å². The predicted molar refractivity (Wildman–Crippen MR) is 103 cm³/mol. The molecule has 1 amide bonds. The summed E-state index contributed by atoms with van der Waals surface area (Å²) in [5.41, 5.74) is 2.90. The molecule has 1 aliphatic rings. The third-order valence-electron chi connectivity index (χ3n) is 4.81. The summed E-state index contributed by atoms with van der Waals surface area (Å²) in [6.45, 7) is 2.59. The van der Waals surface area contributed by atoms with Crippen molar-refractivity contribution in [1.29, 1.82) is 0 Å². The van der Waals surface area contributed by atoms with E-state index in [-0.39, 0.29) is 17.9 Å². The minimum absolute atomic E-state index is 0.0603. The van der Waals surface area contributed by atoms with Crippen LogP contribution in [0.3, 0.4) is 0 Å². The van der Waals surface area contributed by atoms with Crippen molar-refractivity contribution in [3.8, 4) is 11.3 Å². The van der Waals surface area contributed by atoms with Crippen molar-refractivity contribution in [1.82, 2.24) is 9.55 Å². The largest absolute Gasteiger partial charge is 0.372 e.